The van der Waals surface area contributed by atoms with Crippen LogP contribution in [0.2, 0.25) is 0 Å². The van der Waals surface area contributed by atoms with E-state index < -0.39 is 0 Å². The fraction of sp³-hybridized carbons (Fsp3) is 0.150. The summed E-state index contributed by atoms with van der Waals surface area (Å²) in [6, 6.07) is 22.2. The van der Waals surface area contributed by atoms with Crippen molar-refractivity contribution in [1.82, 2.24) is 5.32 Å². The molecule has 0 fully saturated rings. The third kappa shape index (κ3) is 3.39. The van der Waals surface area contributed by atoms with Gasteiger partial charge in [-0.15, -0.1) is 0 Å². The van der Waals surface area contributed by atoms with Gasteiger partial charge in [-0.2, -0.15) is 0 Å². The van der Waals surface area contributed by atoms with E-state index in [9.17, 15) is 4.79 Å². The van der Waals surface area contributed by atoms with Gasteiger partial charge < -0.3 is 5.32 Å². The molecule has 1 amide bonds. The van der Waals surface area contributed by atoms with Crippen LogP contribution in [-0.4, -0.2) is 5.91 Å². The first-order chi connectivity index (χ1) is 11.2. The molecule has 3 aromatic carbocycles. The SMILES string of the molecule is CC(NC(=O)c1ccccc1CI)c1cccc2ccccc12. The number of amides is 1. The van der Waals surface area contributed by atoms with Gasteiger partial charge in [-0.3, -0.25) is 4.79 Å². The van der Waals surface area contributed by atoms with E-state index in [0.717, 1.165) is 21.1 Å². The number of benzene rings is 3. The van der Waals surface area contributed by atoms with Gasteiger partial charge in [0.05, 0.1) is 6.04 Å². The van der Waals surface area contributed by atoms with Gasteiger partial charge in [0.2, 0.25) is 0 Å². The smallest absolute Gasteiger partial charge is 0.252 e. The zero-order valence-corrected chi connectivity index (χ0v) is 15.1. The molecule has 0 aliphatic rings. The first kappa shape index (κ1) is 16.0. The Balaban J connectivity index is 1.89. The fourth-order valence-electron chi connectivity index (χ4n) is 2.84. The molecule has 0 aliphatic heterocycles. The Hall–Kier alpha value is -1.88. The number of hydrogen-bond acceptors (Lipinski definition) is 1. The van der Waals surface area contributed by atoms with Crippen LogP contribution in [0, 0.1) is 0 Å². The van der Waals surface area contributed by atoms with Gasteiger partial charge in [0, 0.05) is 9.99 Å². The lowest BCUT2D eigenvalue weighted by molar-refractivity contribution is 0.0939. The van der Waals surface area contributed by atoms with Crippen LogP contribution in [0.5, 0.6) is 0 Å². The van der Waals surface area contributed by atoms with Gasteiger partial charge in [0.15, 0.2) is 0 Å². The zero-order chi connectivity index (χ0) is 16.2. The van der Waals surface area contributed by atoms with Crippen molar-refractivity contribution in [2.24, 2.45) is 0 Å². The quantitative estimate of drug-likeness (QED) is 0.457. The van der Waals surface area contributed by atoms with Gasteiger partial charge >= 0.3 is 0 Å². The van der Waals surface area contributed by atoms with Crippen molar-refractivity contribution < 1.29 is 4.79 Å². The Labute approximate surface area is 150 Å². The van der Waals surface area contributed by atoms with E-state index in [1.807, 2.05) is 49.4 Å². The van der Waals surface area contributed by atoms with Crippen molar-refractivity contribution in [3.05, 3.63) is 83.4 Å². The van der Waals surface area contributed by atoms with Gasteiger partial charge in [-0.25, -0.2) is 0 Å². The Kier molecular flexibility index (Phi) is 4.96. The summed E-state index contributed by atoms with van der Waals surface area (Å²) < 4.78 is 0.823. The molecule has 116 valence electrons. The molecular formula is C20H18INO. The lowest BCUT2D eigenvalue weighted by Gasteiger charge is -2.17. The Morgan fingerprint density at radius 1 is 1.00 bits per heavy atom. The standard InChI is InChI=1S/C20H18INO/c1-14(17-12-6-9-15-7-2-4-10-18(15)17)22-20(23)19-11-5-3-8-16(19)13-21/h2-12,14H,13H2,1H3,(H,22,23). The minimum atomic E-state index is -0.0455. The predicted octanol–water partition coefficient (Wildman–Crippen LogP) is 5.27. The van der Waals surface area contributed by atoms with Crippen LogP contribution in [0.15, 0.2) is 66.7 Å². The summed E-state index contributed by atoms with van der Waals surface area (Å²) in [6.45, 7) is 2.03. The molecule has 3 heteroatoms. The van der Waals surface area contributed by atoms with Crippen molar-refractivity contribution in [2.45, 2.75) is 17.4 Å². The molecule has 2 nitrogen and oxygen atoms in total. The Morgan fingerprint density at radius 2 is 1.70 bits per heavy atom. The molecule has 1 unspecified atom stereocenters. The van der Waals surface area contributed by atoms with Crippen LogP contribution in [0.25, 0.3) is 10.8 Å². The number of nitrogens with one attached hydrogen (secondary N) is 1. The highest BCUT2D eigenvalue weighted by Crippen LogP contribution is 2.24. The van der Waals surface area contributed by atoms with E-state index in [2.05, 4.69) is 52.2 Å². The molecule has 1 atom stereocenters. The van der Waals surface area contributed by atoms with Crippen molar-refractivity contribution in [3.8, 4) is 0 Å². The molecular weight excluding hydrogens is 397 g/mol. The summed E-state index contributed by atoms with van der Waals surface area (Å²) in [6.07, 6.45) is 0. The van der Waals surface area contributed by atoms with Crippen molar-refractivity contribution in [1.29, 1.82) is 0 Å². The van der Waals surface area contributed by atoms with Crippen LogP contribution in [0.3, 0.4) is 0 Å². The second kappa shape index (κ2) is 7.13. The van der Waals surface area contributed by atoms with Gasteiger partial charge in [0.1, 0.15) is 0 Å². The third-order valence-corrected chi connectivity index (χ3v) is 4.87. The second-order valence-electron chi connectivity index (χ2n) is 5.55. The molecule has 3 rings (SSSR count). The topological polar surface area (TPSA) is 29.1 Å². The lowest BCUT2D eigenvalue weighted by atomic mass is 9.99. The number of halogens is 1. The van der Waals surface area contributed by atoms with Crippen LogP contribution >= 0.6 is 22.6 Å². The highest BCUT2D eigenvalue weighted by atomic mass is 127. The number of carbonyl (C=O) groups excluding carboxylic acids is 1. The first-order valence-corrected chi connectivity index (χ1v) is 9.15. The highest BCUT2D eigenvalue weighted by molar-refractivity contribution is 14.1. The normalized spacial score (nSPS) is 12.1. The molecule has 0 bridgehead atoms. The summed E-state index contributed by atoms with van der Waals surface area (Å²) in [4.78, 5) is 12.6. The van der Waals surface area contributed by atoms with Crippen LogP contribution < -0.4 is 5.32 Å². The van der Waals surface area contributed by atoms with E-state index in [1.54, 1.807) is 0 Å². The van der Waals surface area contributed by atoms with Crippen LogP contribution in [0.1, 0.15) is 34.5 Å². The second-order valence-corrected chi connectivity index (χ2v) is 6.32. The summed E-state index contributed by atoms with van der Waals surface area (Å²) in [5, 5.41) is 5.52. The molecule has 0 aliphatic carbocycles. The number of fused-ring (bicyclic) bond motifs is 1. The minimum Gasteiger partial charge on any atom is -0.345 e. The van der Waals surface area contributed by atoms with Gasteiger partial charge in [-0.1, -0.05) is 83.3 Å². The number of rotatable bonds is 4. The predicted molar refractivity (Wildman–Crippen MR) is 104 cm³/mol. The summed E-state index contributed by atoms with van der Waals surface area (Å²) >= 11 is 2.29. The van der Waals surface area contributed by atoms with Crippen molar-refractivity contribution in [3.63, 3.8) is 0 Å². The first-order valence-electron chi connectivity index (χ1n) is 7.63. The van der Waals surface area contributed by atoms with Crippen LogP contribution in [0.4, 0.5) is 0 Å². The molecule has 1 N–H and O–H groups in total. The molecule has 0 radical (unpaired) electrons. The molecule has 0 spiro atoms. The molecule has 0 saturated heterocycles. The minimum absolute atomic E-state index is 0.0160. The summed E-state index contributed by atoms with van der Waals surface area (Å²) in [5.41, 5.74) is 2.97. The molecule has 23 heavy (non-hydrogen) atoms. The largest absolute Gasteiger partial charge is 0.345 e. The fourth-order valence-corrected chi connectivity index (χ4v) is 3.50. The van der Waals surface area contributed by atoms with E-state index in [1.165, 1.54) is 10.8 Å². The molecule has 0 heterocycles. The van der Waals surface area contributed by atoms with E-state index >= 15 is 0 Å². The lowest BCUT2D eigenvalue weighted by Crippen LogP contribution is -2.27. The monoisotopic (exact) mass is 415 g/mol. The third-order valence-electron chi connectivity index (χ3n) is 4.04. The maximum absolute atomic E-state index is 12.6. The van der Waals surface area contributed by atoms with Gasteiger partial charge in [0.25, 0.3) is 5.91 Å². The van der Waals surface area contributed by atoms with Crippen LogP contribution in [-0.2, 0) is 4.43 Å². The van der Waals surface area contributed by atoms with E-state index in [4.69, 9.17) is 0 Å². The average molecular weight is 415 g/mol. The van der Waals surface area contributed by atoms with Crippen molar-refractivity contribution >= 4 is 39.3 Å². The number of carbonyl (C=O) groups is 1. The average Bonchev–Trinajstić information content (AvgIpc) is 2.61. The maximum Gasteiger partial charge on any atom is 0.252 e. The maximum atomic E-state index is 12.6. The zero-order valence-electron chi connectivity index (χ0n) is 12.9. The Bertz CT molecular complexity index is 838. The number of hydrogen-bond donors (Lipinski definition) is 1. The summed E-state index contributed by atoms with van der Waals surface area (Å²) in [5.74, 6) is -0.0160. The molecule has 0 saturated carbocycles. The molecule has 3 aromatic rings. The highest BCUT2D eigenvalue weighted by Gasteiger charge is 2.15. The van der Waals surface area contributed by atoms with E-state index in [-0.39, 0.29) is 11.9 Å². The molecule has 0 aromatic heterocycles. The summed E-state index contributed by atoms with van der Waals surface area (Å²) in [7, 11) is 0. The van der Waals surface area contributed by atoms with Gasteiger partial charge in [-0.05, 0) is 34.9 Å². The van der Waals surface area contributed by atoms with Crippen molar-refractivity contribution in [2.75, 3.05) is 0 Å². The Morgan fingerprint density at radius 3 is 2.52 bits per heavy atom. The number of alkyl halides is 1. The van der Waals surface area contributed by atoms with E-state index in [0.29, 0.717) is 0 Å².